The van der Waals surface area contributed by atoms with Crippen molar-refractivity contribution < 1.29 is 14.4 Å². The number of imide groups is 1. The zero-order valence-electron chi connectivity index (χ0n) is 12.0. The van der Waals surface area contributed by atoms with Crippen LogP contribution in [-0.2, 0) is 19.8 Å². The van der Waals surface area contributed by atoms with Gasteiger partial charge in [0.15, 0.2) is 0 Å². The van der Waals surface area contributed by atoms with Crippen molar-refractivity contribution in [2.24, 2.45) is 0 Å². The Hall–Kier alpha value is -2.11. The summed E-state index contributed by atoms with van der Waals surface area (Å²) in [6.07, 6.45) is 0.568. The number of carbonyl (C=O) groups is 3. The molecule has 1 aromatic rings. The maximum Gasteiger partial charge on any atom is 0.249 e. The second-order valence-electron chi connectivity index (χ2n) is 6.01. The van der Waals surface area contributed by atoms with Crippen molar-refractivity contribution in [1.29, 1.82) is 0 Å². The molecule has 5 nitrogen and oxygen atoms in total. The largest absolute Gasteiger partial charge is 0.299 e. The molecule has 1 fully saturated rings. The zero-order valence-corrected chi connectivity index (χ0v) is 12.0. The van der Waals surface area contributed by atoms with Gasteiger partial charge >= 0.3 is 0 Å². The molecule has 2 heterocycles. The van der Waals surface area contributed by atoms with Crippen molar-refractivity contribution >= 4 is 36.7 Å². The van der Waals surface area contributed by atoms with Crippen molar-refractivity contribution in [1.82, 2.24) is 5.32 Å². The van der Waals surface area contributed by atoms with E-state index in [1.807, 2.05) is 0 Å². The SMILES string of the molecule is [B]c1cccc2c1C(C)(C)C(=O)N2C1CCC(=O)NC1=O. The van der Waals surface area contributed by atoms with Gasteiger partial charge in [-0.2, -0.15) is 0 Å². The fourth-order valence-corrected chi connectivity index (χ4v) is 3.19. The molecule has 21 heavy (non-hydrogen) atoms. The van der Waals surface area contributed by atoms with Gasteiger partial charge in [-0.05, 0) is 31.9 Å². The minimum atomic E-state index is -0.775. The van der Waals surface area contributed by atoms with E-state index < -0.39 is 17.4 Å². The van der Waals surface area contributed by atoms with E-state index >= 15 is 0 Å². The Balaban J connectivity index is 2.09. The summed E-state index contributed by atoms with van der Waals surface area (Å²) in [7, 11) is 6.02. The Kier molecular flexibility index (Phi) is 2.93. The standard InChI is InChI=1S/C15H15BN2O3/c1-15(2)12-8(16)4-3-5-9(12)18(14(15)21)10-6-7-11(19)17-13(10)20/h3-5,10H,6-7H2,1-2H3,(H,17,19,20). The van der Waals surface area contributed by atoms with Crippen LogP contribution in [0.3, 0.4) is 0 Å². The molecule has 2 radical (unpaired) electrons. The summed E-state index contributed by atoms with van der Waals surface area (Å²) in [5.41, 5.74) is 1.18. The van der Waals surface area contributed by atoms with Crippen molar-refractivity contribution in [2.75, 3.05) is 4.90 Å². The van der Waals surface area contributed by atoms with Crippen molar-refractivity contribution in [2.45, 2.75) is 38.1 Å². The lowest BCUT2D eigenvalue weighted by atomic mass is 9.77. The molecule has 1 atom stereocenters. The fourth-order valence-electron chi connectivity index (χ4n) is 3.19. The van der Waals surface area contributed by atoms with Crippen LogP contribution in [0.15, 0.2) is 18.2 Å². The van der Waals surface area contributed by atoms with E-state index in [0.29, 0.717) is 17.6 Å². The molecule has 2 aliphatic rings. The number of carbonyl (C=O) groups excluding carboxylic acids is 3. The van der Waals surface area contributed by atoms with E-state index in [0.717, 1.165) is 5.56 Å². The third-order valence-corrected chi connectivity index (χ3v) is 4.23. The van der Waals surface area contributed by atoms with Crippen LogP contribution < -0.4 is 15.7 Å². The van der Waals surface area contributed by atoms with Gasteiger partial charge in [-0.15, -0.1) is 0 Å². The third-order valence-electron chi connectivity index (χ3n) is 4.23. The van der Waals surface area contributed by atoms with Crippen LogP contribution in [0, 0.1) is 0 Å². The summed E-state index contributed by atoms with van der Waals surface area (Å²) in [6, 6.07) is 4.66. The lowest BCUT2D eigenvalue weighted by Crippen LogP contribution is -2.55. The van der Waals surface area contributed by atoms with Gasteiger partial charge < -0.3 is 0 Å². The van der Waals surface area contributed by atoms with E-state index in [-0.39, 0.29) is 18.2 Å². The highest BCUT2D eigenvalue weighted by molar-refractivity contribution is 6.35. The van der Waals surface area contributed by atoms with E-state index in [2.05, 4.69) is 5.32 Å². The minimum absolute atomic E-state index is 0.162. The first-order valence-corrected chi connectivity index (χ1v) is 6.90. The summed E-state index contributed by atoms with van der Waals surface area (Å²) < 4.78 is 0. The number of rotatable bonds is 1. The maximum atomic E-state index is 12.8. The van der Waals surface area contributed by atoms with E-state index in [9.17, 15) is 14.4 Å². The molecule has 0 bridgehead atoms. The number of anilines is 1. The first kappa shape index (κ1) is 13.9. The van der Waals surface area contributed by atoms with Crippen LogP contribution in [0.5, 0.6) is 0 Å². The zero-order chi connectivity index (χ0) is 15.4. The molecule has 1 aromatic carbocycles. The predicted molar refractivity (Wildman–Crippen MR) is 78.5 cm³/mol. The number of piperidine rings is 1. The van der Waals surface area contributed by atoms with Gasteiger partial charge in [0.2, 0.25) is 17.7 Å². The monoisotopic (exact) mass is 282 g/mol. The smallest absolute Gasteiger partial charge is 0.249 e. The van der Waals surface area contributed by atoms with Crippen LogP contribution in [0.4, 0.5) is 5.69 Å². The minimum Gasteiger partial charge on any atom is -0.299 e. The molecule has 3 amide bonds. The number of hydrogen-bond acceptors (Lipinski definition) is 3. The van der Waals surface area contributed by atoms with Gasteiger partial charge in [0.05, 0.1) is 5.41 Å². The lowest BCUT2D eigenvalue weighted by molar-refractivity contribution is -0.136. The molecular formula is C15H15BN2O3. The summed E-state index contributed by atoms with van der Waals surface area (Å²) in [6.45, 7) is 3.60. The number of benzene rings is 1. The average Bonchev–Trinajstić information content (AvgIpc) is 2.60. The fraction of sp³-hybridized carbons (Fsp3) is 0.400. The first-order valence-electron chi connectivity index (χ1n) is 6.90. The Morgan fingerprint density at radius 1 is 1.29 bits per heavy atom. The molecule has 106 valence electrons. The van der Waals surface area contributed by atoms with E-state index in [1.54, 1.807) is 32.0 Å². The van der Waals surface area contributed by atoms with Crippen molar-refractivity contribution in [3.63, 3.8) is 0 Å². The van der Waals surface area contributed by atoms with E-state index in [4.69, 9.17) is 7.85 Å². The average molecular weight is 282 g/mol. The first-order chi connectivity index (χ1) is 9.84. The summed E-state index contributed by atoms with van der Waals surface area (Å²) in [4.78, 5) is 37.6. The van der Waals surface area contributed by atoms with Gasteiger partial charge in [0.25, 0.3) is 0 Å². The lowest BCUT2D eigenvalue weighted by Gasteiger charge is -2.31. The van der Waals surface area contributed by atoms with Gasteiger partial charge in [-0.3, -0.25) is 24.6 Å². The van der Waals surface area contributed by atoms with E-state index in [1.165, 1.54) is 4.90 Å². The number of nitrogens with zero attached hydrogens (tertiary/aromatic N) is 1. The molecule has 0 aromatic heterocycles. The number of fused-ring (bicyclic) bond motifs is 1. The highest BCUT2D eigenvalue weighted by Crippen LogP contribution is 2.42. The van der Waals surface area contributed by atoms with Crippen molar-refractivity contribution in [3.05, 3.63) is 23.8 Å². The highest BCUT2D eigenvalue weighted by Gasteiger charge is 2.49. The molecule has 0 spiro atoms. The third kappa shape index (κ3) is 1.89. The Bertz CT molecular complexity index is 669. The number of hydrogen-bond donors (Lipinski definition) is 1. The number of nitrogens with one attached hydrogen (secondary N) is 1. The Morgan fingerprint density at radius 2 is 2.00 bits per heavy atom. The highest BCUT2D eigenvalue weighted by atomic mass is 16.2. The topological polar surface area (TPSA) is 66.5 Å². The van der Waals surface area contributed by atoms with Gasteiger partial charge in [-0.25, -0.2) is 0 Å². The van der Waals surface area contributed by atoms with Crippen LogP contribution in [0.2, 0.25) is 0 Å². The molecular weight excluding hydrogens is 267 g/mol. The van der Waals surface area contributed by atoms with Gasteiger partial charge in [0, 0.05) is 12.1 Å². The van der Waals surface area contributed by atoms with Gasteiger partial charge in [-0.1, -0.05) is 17.6 Å². The summed E-state index contributed by atoms with van der Waals surface area (Å²) in [5.74, 6) is -0.884. The molecule has 2 aliphatic heterocycles. The molecule has 6 heteroatoms. The second-order valence-corrected chi connectivity index (χ2v) is 6.01. The quantitative estimate of drug-likeness (QED) is 0.578. The molecule has 0 aliphatic carbocycles. The second kappa shape index (κ2) is 4.45. The predicted octanol–water partition coefficient (Wildman–Crippen LogP) is -0.0902. The molecule has 1 unspecified atom stereocenters. The molecule has 1 N–H and O–H groups in total. The van der Waals surface area contributed by atoms with Crippen molar-refractivity contribution in [3.8, 4) is 0 Å². The van der Waals surface area contributed by atoms with Crippen LogP contribution in [0.1, 0.15) is 32.3 Å². The van der Waals surface area contributed by atoms with Crippen LogP contribution in [0.25, 0.3) is 0 Å². The number of amides is 3. The maximum absolute atomic E-state index is 12.8. The van der Waals surface area contributed by atoms with Crippen LogP contribution >= 0.6 is 0 Å². The molecule has 1 saturated heterocycles. The Labute approximate surface area is 124 Å². The van der Waals surface area contributed by atoms with Gasteiger partial charge in [0.1, 0.15) is 13.9 Å². The normalized spacial score (nSPS) is 24.0. The Morgan fingerprint density at radius 3 is 2.67 bits per heavy atom. The van der Waals surface area contributed by atoms with Crippen LogP contribution in [-0.4, -0.2) is 31.6 Å². The summed E-state index contributed by atoms with van der Waals surface area (Å²) >= 11 is 0. The summed E-state index contributed by atoms with van der Waals surface area (Å²) in [5, 5.41) is 2.30. The molecule has 0 saturated carbocycles. The molecule has 3 rings (SSSR count).